The first-order chi connectivity index (χ1) is 13.6. The van der Waals surface area contributed by atoms with E-state index in [4.69, 9.17) is 0 Å². The Labute approximate surface area is 172 Å². The van der Waals surface area contributed by atoms with Crippen LogP contribution in [0.15, 0.2) is 52.4 Å². The molecule has 6 nitrogen and oxygen atoms in total. The standard InChI is InChI=1S/C21H29FN4O2S/c1-15(2)26(5)29(27,28)19-9-6-17(7-10-19)13-24-21(23-4)25-14-18-8-11-20(22)16(3)12-18/h6-12,15H,13-14H2,1-5H3,(H2,23,24,25). The second-order valence-electron chi connectivity index (χ2n) is 7.12. The minimum Gasteiger partial charge on any atom is -0.352 e. The van der Waals surface area contributed by atoms with Crippen molar-refractivity contribution in [3.63, 3.8) is 0 Å². The Morgan fingerprint density at radius 3 is 2.14 bits per heavy atom. The van der Waals surface area contributed by atoms with E-state index in [0.29, 0.717) is 24.6 Å². The van der Waals surface area contributed by atoms with E-state index in [2.05, 4.69) is 15.6 Å². The first kappa shape index (κ1) is 22.8. The van der Waals surface area contributed by atoms with Crippen molar-refractivity contribution in [3.8, 4) is 0 Å². The molecule has 0 saturated heterocycles. The molecule has 29 heavy (non-hydrogen) atoms. The molecule has 158 valence electrons. The summed E-state index contributed by atoms with van der Waals surface area (Å²) in [6.45, 7) is 6.40. The van der Waals surface area contributed by atoms with Gasteiger partial charge in [-0.3, -0.25) is 4.99 Å². The average Bonchev–Trinajstić information content (AvgIpc) is 2.70. The molecule has 0 spiro atoms. The molecule has 0 atom stereocenters. The summed E-state index contributed by atoms with van der Waals surface area (Å²) in [6.07, 6.45) is 0. The van der Waals surface area contributed by atoms with Crippen molar-refractivity contribution in [1.29, 1.82) is 0 Å². The Morgan fingerprint density at radius 1 is 1.07 bits per heavy atom. The van der Waals surface area contributed by atoms with Crippen LogP contribution in [0.5, 0.6) is 0 Å². The van der Waals surface area contributed by atoms with Crippen LogP contribution in [0.25, 0.3) is 0 Å². The van der Waals surface area contributed by atoms with Crippen LogP contribution in [-0.2, 0) is 23.1 Å². The lowest BCUT2D eigenvalue weighted by Crippen LogP contribution is -2.36. The van der Waals surface area contributed by atoms with E-state index < -0.39 is 10.0 Å². The fraction of sp³-hybridized carbons (Fsp3) is 0.381. The number of benzene rings is 2. The number of aliphatic imine (C=N–C) groups is 1. The van der Waals surface area contributed by atoms with Crippen LogP contribution in [0, 0.1) is 12.7 Å². The van der Waals surface area contributed by atoms with Gasteiger partial charge < -0.3 is 10.6 Å². The fourth-order valence-corrected chi connectivity index (χ4v) is 4.00. The maximum atomic E-state index is 13.4. The zero-order valence-electron chi connectivity index (χ0n) is 17.5. The van der Waals surface area contributed by atoms with Crippen LogP contribution in [0.1, 0.15) is 30.5 Å². The van der Waals surface area contributed by atoms with Crippen molar-refractivity contribution >= 4 is 16.0 Å². The molecule has 8 heteroatoms. The molecule has 0 saturated carbocycles. The number of sulfonamides is 1. The predicted octanol–water partition coefficient (Wildman–Crippen LogP) is 3.03. The van der Waals surface area contributed by atoms with Crippen LogP contribution in [0.4, 0.5) is 4.39 Å². The molecule has 0 bridgehead atoms. The van der Waals surface area contributed by atoms with Gasteiger partial charge in [0, 0.05) is 33.2 Å². The first-order valence-corrected chi connectivity index (χ1v) is 10.9. The van der Waals surface area contributed by atoms with Crippen molar-refractivity contribution in [2.75, 3.05) is 14.1 Å². The van der Waals surface area contributed by atoms with Crippen molar-refractivity contribution in [2.24, 2.45) is 4.99 Å². The highest BCUT2D eigenvalue weighted by atomic mass is 32.2. The van der Waals surface area contributed by atoms with Gasteiger partial charge in [-0.1, -0.05) is 24.3 Å². The van der Waals surface area contributed by atoms with Crippen LogP contribution in [-0.4, -0.2) is 38.8 Å². The average molecular weight is 421 g/mol. The third-order valence-electron chi connectivity index (χ3n) is 4.69. The quantitative estimate of drug-likeness (QED) is 0.533. The van der Waals surface area contributed by atoms with E-state index in [1.54, 1.807) is 57.4 Å². The summed E-state index contributed by atoms with van der Waals surface area (Å²) in [4.78, 5) is 4.45. The third kappa shape index (κ3) is 6.01. The van der Waals surface area contributed by atoms with Crippen LogP contribution < -0.4 is 10.6 Å². The molecule has 0 aliphatic heterocycles. The molecule has 0 radical (unpaired) electrons. The molecule has 0 aliphatic rings. The van der Waals surface area contributed by atoms with Crippen molar-refractivity contribution in [2.45, 2.75) is 44.8 Å². The van der Waals surface area contributed by atoms with E-state index in [-0.39, 0.29) is 16.8 Å². The van der Waals surface area contributed by atoms with Gasteiger partial charge in [-0.05, 0) is 55.7 Å². The Hall–Kier alpha value is -2.45. The predicted molar refractivity (Wildman–Crippen MR) is 115 cm³/mol. The highest BCUT2D eigenvalue weighted by Crippen LogP contribution is 2.17. The van der Waals surface area contributed by atoms with E-state index >= 15 is 0 Å². The Kier molecular flexibility index (Phi) is 7.75. The van der Waals surface area contributed by atoms with Crippen LogP contribution >= 0.6 is 0 Å². The molecule has 0 heterocycles. The number of aryl methyl sites for hydroxylation is 1. The highest BCUT2D eigenvalue weighted by Gasteiger charge is 2.22. The SMILES string of the molecule is CN=C(NCc1ccc(S(=O)(=O)N(C)C(C)C)cc1)NCc1ccc(F)c(C)c1. The maximum Gasteiger partial charge on any atom is 0.243 e. The molecule has 0 unspecified atom stereocenters. The van der Waals surface area contributed by atoms with Gasteiger partial charge in [-0.15, -0.1) is 0 Å². The van der Waals surface area contributed by atoms with Gasteiger partial charge in [-0.25, -0.2) is 12.8 Å². The maximum absolute atomic E-state index is 13.4. The van der Waals surface area contributed by atoms with E-state index in [1.165, 1.54) is 10.4 Å². The lowest BCUT2D eigenvalue weighted by atomic mass is 10.1. The summed E-state index contributed by atoms with van der Waals surface area (Å²) < 4.78 is 39.8. The van der Waals surface area contributed by atoms with Gasteiger partial charge in [0.1, 0.15) is 5.82 Å². The summed E-state index contributed by atoms with van der Waals surface area (Å²) in [5, 5.41) is 6.37. The van der Waals surface area contributed by atoms with E-state index in [0.717, 1.165) is 11.1 Å². The van der Waals surface area contributed by atoms with Crippen molar-refractivity contribution in [1.82, 2.24) is 14.9 Å². The van der Waals surface area contributed by atoms with E-state index in [1.807, 2.05) is 13.8 Å². The summed E-state index contributed by atoms with van der Waals surface area (Å²) in [6, 6.07) is 11.7. The second kappa shape index (κ2) is 9.84. The number of halogens is 1. The zero-order chi connectivity index (χ0) is 21.6. The molecule has 0 fully saturated rings. The van der Waals surface area contributed by atoms with E-state index in [9.17, 15) is 12.8 Å². The Morgan fingerprint density at radius 2 is 1.62 bits per heavy atom. The first-order valence-electron chi connectivity index (χ1n) is 9.41. The molecule has 2 aromatic rings. The summed E-state index contributed by atoms with van der Waals surface area (Å²) in [5.74, 6) is 0.379. The van der Waals surface area contributed by atoms with Crippen molar-refractivity contribution in [3.05, 3.63) is 65.0 Å². The van der Waals surface area contributed by atoms with Gasteiger partial charge in [0.05, 0.1) is 4.90 Å². The van der Waals surface area contributed by atoms with Crippen LogP contribution in [0.3, 0.4) is 0 Å². The summed E-state index contributed by atoms with van der Waals surface area (Å²) >= 11 is 0. The lowest BCUT2D eigenvalue weighted by Gasteiger charge is -2.21. The number of rotatable bonds is 7. The number of hydrogen-bond donors (Lipinski definition) is 2. The smallest absolute Gasteiger partial charge is 0.243 e. The summed E-state index contributed by atoms with van der Waals surface area (Å²) in [7, 11) is -0.240. The van der Waals surface area contributed by atoms with Gasteiger partial charge in [0.15, 0.2) is 5.96 Å². The number of guanidine groups is 1. The minimum atomic E-state index is -3.49. The zero-order valence-corrected chi connectivity index (χ0v) is 18.3. The molecular formula is C21H29FN4O2S. The summed E-state index contributed by atoms with van der Waals surface area (Å²) in [5.41, 5.74) is 2.48. The second-order valence-corrected chi connectivity index (χ2v) is 9.12. The molecule has 2 N–H and O–H groups in total. The number of nitrogens with one attached hydrogen (secondary N) is 2. The normalized spacial score (nSPS) is 12.5. The van der Waals surface area contributed by atoms with Gasteiger partial charge in [0.2, 0.25) is 10.0 Å². The molecule has 0 aliphatic carbocycles. The van der Waals surface area contributed by atoms with Gasteiger partial charge >= 0.3 is 0 Å². The molecular weight excluding hydrogens is 391 g/mol. The highest BCUT2D eigenvalue weighted by molar-refractivity contribution is 7.89. The topological polar surface area (TPSA) is 73.8 Å². The fourth-order valence-electron chi connectivity index (χ4n) is 2.63. The largest absolute Gasteiger partial charge is 0.352 e. The Balaban J connectivity index is 1.95. The van der Waals surface area contributed by atoms with Gasteiger partial charge in [-0.2, -0.15) is 4.31 Å². The number of nitrogens with zero attached hydrogens (tertiary/aromatic N) is 2. The van der Waals surface area contributed by atoms with Crippen LogP contribution in [0.2, 0.25) is 0 Å². The molecule has 2 rings (SSSR count). The molecule has 2 aromatic carbocycles. The monoisotopic (exact) mass is 420 g/mol. The minimum absolute atomic E-state index is 0.111. The molecule has 0 amide bonds. The van der Waals surface area contributed by atoms with Crippen molar-refractivity contribution < 1.29 is 12.8 Å². The number of hydrogen-bond acceptors (Lipinski definition) is 3. The Bertz CT molecular complexity index is 957. The molecule has 0 aromatic heterocycles. The van der Waals surface area contributed by atoms with Gasteiger partial charge in [0.25, 0.3) is 0 Å². The lowest BCUT2D eigenvalue weighted by molar-refractivity contribution is 0.410. The third-order valence-corrected chi connectivity index (χ3v) is 6.74.